The van der Waals surface area contributed by atoms with E-state index in [1.807, 2.05) is 0 Å². The Balaban J connectivity index is 2.17. The molecular formula is C14H21N3O2. The monoisotopic (exact) mass is 263 g/mol. The number of rotatable bonds is 4. The van der Waals surface area contributed by atoms with Gasteiger partial charge in [0.25, 0.3) is 0 Å². The number of aromatic carboxylic acids is 1. The average molecular weight is 263 g/mol. The number of anilines is 2. The van der Waals surface area contributed by atoms with Gasteiger partial charge < -0.3 is 16.2 Å². The van der Waals surface area contributed by atoms with E-state index in [0.717, 1.165) is 12.8 Å². The van der Waals surface area contributed by atoms with Crippen LogP contribution < -0.4 is 11.1 Å². The molecule has 0 aromatic carbocycles. The van der Waals surface area contributed by atoms with Crippen molar-refractivity contribution in [3.05, 3.63) is 17.8 Å². The summed E-state index contributed by atoms with van der Waals surface area (Å²) < 4.78 is 0. The Morgan fingerprint density at radius 1 is 1.47 bits per heavy atom. The summed E-state index contributed by atoms with van der Waals surface area (Å²) in [6.45, 7) is 2.19. The van der Waals surface area contributed by atoms with E-state index in [4.69, 9.17) is 10.8 Å². The second-order valence-electron chi connectivity index (χ2n) is 5.14. The van der Waals surface area contributed by atoms with Crippen LogP contribution in [0.3, 0.4) is 0 Å². The third-order valence-electron chi connectivity index (χ3n) is 3.90. The minimum Gasteiger partial charge on any atom is -0.477 e. The fourth-order valence-electron chi connectivity index (χ4n) is 2.77. The standard InChI is InChI=1S/C14H21N3O2/c1-2-9-5-3-4-6-11(9)16-13-10(15)7-8-12(17-13)14(18)19/h7-9,11H,2-6,15H2,1H3,(H,16,17)(H,18,19). The van der Waals surface area contributed by atoms with Crippen molar-refractivity contribution in [1.29, 1.82) is 0 Å². The quantitative estimate of drug-likeness (QED) is 0.777. The highest BCUT2D eigenvalue weighted by molar-refractivity contribution is 5.86. The molecule has 1 heterocycles. The van der Waals surface area contributed by atoms with E-state index in [1.165, 1.54) is 25.3 Å². The van der Waals surface area contributed by atoms with Gasteiger partial charge in [-0.3, -0.25) is 0 Å². The number of hydrogen-bond acceptors (Lipinski definition) is 4. The van der Waals surface area contributed by atoms with Gasteiger partial charge in [-0.05, 0) is 30.9 Å². The van der Waals surface area contributed by atoms with Crippen molar-refractivity contribution in [2.24, 2.45) is 5.92 Å². The summed E-state index contributed by atoms with van der Waals surface area (Å²) in [5, 5.41) is 12.3. The molecule has 0 saturated heterocycles. The predicted octanol–water partition coefficient (Wildman–Crippen LogP) is 2.74. The van der Waals surface area contributed by atoms with Crippen LogP contribution in [0.2, 0.25) is 0 Å². The van der Waals surface area contributed by atoms with Gasteiger partial charge >= 0.3 is 5.97 Å². The summed E-state index contributed by atoms with van der Waals surface area (Å²) in [4.78, 5) is 15.0. The van der Waals surface area contributed by atoms with Crippen molar-refractivity contribution in [2.45, 2.75) is 45.1 Å². The van der Waals surface area contributed by atoms with E-state index in [2.05, 4.69) is 17.2 Å². The van der Waals surface area contributed by atoms with Gasteiger partial charge in [0.2, 0.25) is 0 Å². The Hall–Kier alpha value is -1.78. The van der Waals surface area contributed by atoms with Crippen LogP contribution in [0.4, 0.5) is 11.5 Å². The second kappa shape index (κ2) is 5.91. The Morgan fingerprint density at radius 3 is 2.89 bits per heavy atom. The minimum absolute atomic E-state index is 0.0283. The van der Waals surface area contributed by atoms with Gasteiger partial charge in [0, 0.05) is 6.04 Å². The second-order valence-corrected chi connectivity index (χ2v) is 5.14. The van der Waals surface area contributed by atoms with E-state index in [1.54, 1.807) is 6.07 Å². The summed E-state index contributed by atoms with van der Waals surface area (Å²) in [5.74, 6) is 0.0902. The van der Waals surface area contributed by atoms with Crippen LogP contribution in [0.25, 0.3) is 0 Å². The fourth-order valence-corrected chi connectivity index (χ4v) is 2.77. The maximum Gasteiger partial charge on any atom is 0.354 e. The van der Waals surface area contributed by atoms with Crippen LogP contribution >= 0.6 is 0 Å². The lowest BCUT2D eigenvalue weighted by Gasteiger charge is -2.32. The minimum atomic E-state index is -1.03. The lowest BCUT2D eigenvalue weighted by Crippen LogP contribution is -2.32. The maximum absolute atomic E-state index is 10.9. The smallest absolute Gasteiger partial charge is 0.354 e. The van der Waals surface area contributed by atoms with Crippen molar-refractivity contribution in [3.63, 3.8) is 0 Å². The summed E-state index contributed by atoms with van der Waals surface area (Å²) in [5.41, 5.74) is 6.41. The van der Waals surface area contributed by atoms with E-state index < -0.39 is 5.97 Å². The molecule has 0 aliphatic heterocycles. The number of carboxylic acid groups (broad SMARTS) is 1. The van der Waals surface area contributed by atoms with E-state index in [-0.39, 0.29) is 5.69 Å². The van der Waals surface area contributed by atoms with Crippen molar-refractivity contribution in [3.8, 4) is 0 Å². The van der Waals surface area contributed by atoms with Crippen LogP contribution in [0.5, 0.6) is 0 Å². The Bertz CT molecular complexity index is 462. The van der Waals surface area contributed by atoms with Crippen molar-refractivity contribution in [1.82, 2.24) is 4.98 Å². The zero-order chi connectivity index (χ0) is 13.8. The topological polar surface area (TPSA) is 88.2 Å². The van der Waals surface area contributed by atoms with Crippen LogP contribution in [0, 0.1) is 5.92 Å². The van der Waals surface area contributed by atoms with Crippen LogP contribution in [0.1, 0.15) is 49.5 Å². The molecule has 1 aliphatic carbocycles. The first-order valence-electron chi connectivity index (χ1n) is 6.88. The molecule has 2 unspecified atom stereocenters. The molecule has 1 aromatic heterocycles. The first-order chi connectivity index (χ1) is 9.11. The van der Waals surface area contributed by atoms with Crippen LogP contribution in [-0.2, 0) is 0 Å². The molecule has 1 aliphatic rings. The third-order valence-corrected chi connectivity index (χ3v) is 3.90. The maximum atomic E-state index is 10.9. The highest BCUT2D eigenvalue weighted by atomic mass is 16.4. The average Bonchev–Trinajstić information content (AvgIpc) is 2.41. The molecule has 1 aromatic rings. The molecule has 0 spiro atoms. The highest BCUT2D eigenvalue weighted by Gasteiger charge is 2.24. The van der Waals surface area contributed by atoms with Gasteiger partial charge in [0.1, 0.15) is 5.82 Å². The zero-order valence-electron chi connectivity index (χ0n) is 11.2. The summed E-state index contributed by atoms with van der Waals surface area (Å²) in [6.07, 6.45) is 5.90. The molecular weight excluding hydrogens is 242 g/mol. The highest BCUT2D eigenvalue weighted by Crippen LogP contribution is 2.30. The largest absolute Gasteiger partial charge is 0.477 e. The summed E-state index contributed by atoms with van der Waals surface area (Å²) in [7, 11) is 0. The first kappa shape index (κ1) is 13.6. The number of carboxylic acids is 1. The molecule has 0 radical (unpaired) electrons. The Morgan fingerprint density at radius 2 is 2.21 bits per heavy atom. The van der Waals surface area contributed by atoms with Crippen LogP contribution in [-0.4, -0.2) is 22.1 Å². The Kier molecular flexibility index (Phi) is 4.24. The molecule has 104 valence electrons. The summed E-state index contributed by atoms with van der Waals surface area (Å²) >= 11 is 0. The van der Waals surface area contributed by atoms with Gasteiger partial charge in [0.15, 0.2) is 5.69 Å². The van der Waals surface area contributed by atoms with Gasteiger partial charge in [-0.1, -0.05) is 26.2 Å². The predicted molar refractivity (Wildman–Crippen MR) is 75.3 cm³/mol. The van der Waals surface area contributed by atoms with E-state index in [9.17, 15) is 4.79 Å². The molecule has 2 rings (SSSR count). The molecule has 4 N–H and O–H groups in total. The van der Waals surface area contributed by atoms with Crippen molar-refractivity contribution >= 4 is 17.5 Å². The number of nitrogen functional groups attached to an aromatic ring is 1. The van der Waals surface area contributed by atoms with E-state index >= 15 is 0 Å². The first-order valence-corrected chi connectivity index (χ1v) is 6.88. The number of pyridine rings is 1. The van der Waals surface area contributed by atoms with E-state index in [0.29, 0.717) is 23.5 Å². The normalized spacial score (nSPS) is 23.0. The molecule has 1 fully saturated rings. The SMILES string of the molecule is CCC1CCCCC1Nc1nc(C(=O)O)ccc1N. The summed E-state index contributed by atoms with van der Waals surface area (Å²) in [6, 6.07) is 3.38. The number of aromatic nitrogens is 1. The third kappa shape index (κ3) is 3.16. The van der Waals surface area contributed by atoms with Gasteiger partial charge in [0.05, 0.1) is 5.69 Å². The lowest BCUT2D eigenvalue weighted by molar-refractivity contribution is 0.0690. The van der Waals surface area contributed by atoms with Crippen LogP contribution in [0.15, 0.2) is 12.1 Å². The Labute approximate surface area is 113 Å². The zero-order valence-corrected chi connectivity index (χ0v) is 11.2. The number of nitrogens with one attached hydrogen (secondary N) is 1. The van der Waals surface area contributed by atoms with Crippen molar-refractivity contribution < 1.29 is 9.90 Å². The molecule has 0 bridgehead atoms. The molecule has 5 heteroatoms. The molecule has 0 amide bonds. The number of nitrogens with zero attached hydrogens (tertiary/aromatic N) is 1. The molecule has 5 nitrogen and oxygen atoms in total. The molecule has 19 heavy (non-hydrogen) atoms. The lowest BCUT2D eigenvalue weighted by atomic mass is 9.83. The van der Waals surface area contributed by atoms with Gasteiger partial charge in [-0.2, -0.15) is 0 Å². The number of carbonyl (C=O) groups is 1. The number of nitrogens with two attached hydrogens (primary N) is 1. The van der Waals surface area contributed by atoms with Crippen molar-refractivity contribution in [2.75, 3.05) is 11.1 Å². The van der Waals surface area contributed by atoms with Gasteiger partial charge in [-0.25, -0.2) is 9.78 Å². The molecule has 1 saturated carbocycles. The van der Waals surface area contributed by atoms with Gasteiger partial charge in [-0.15, -0.1) is 0 Å². The fraction of sp³-hybridized carbons (Fsp3) is 0.571. The number of hydrogen-bond donors (Lipinski definition) is 3. The molecule has 2 atom stereocenters.